The van der Waals surface area contributed by atoms with E-state index in [1.807, 2.05) is 13.8 Å². The van der Waals surface area contributed by atoms with Gasteiger partial charge in [-0.1, -0.05) is 5.21 Å². The van der Waals surface area contributed by atoms with Crippen LogP contribution in [0.3, 0.4) is 0 Å². The van der Waals surface area contributed by atoms with Gasteiger partial charge in [0, 0.05) is 6.54 Å². The number of nitrogen functional groups attached to an aromatic ring is 1. The fourth-order valence-corrected chi connectivity index (χ4v) is 1.30. The highest BCUT2D eigenvalue weighted by Crippen LogP contribution is 2.20. The highest BCUT2D eigenvalue weighted by Gasteiger charge is 2.13. The molecular weight excluding hydrogens is 196 g/mol. The summed E-state index contributed by atoms with van der Waals surface area (Å²) in [6.45, 7) is 5.00. The molecule has 2 heterocycles. The van der Waals surface area contributed by atoms with E-state index in [2.05, 4.69) is 20.3 Å². The fraction of sp³-hybridized carbons (Fsp3) is 0.500. The minimum absolute atomic E-state index is 0.169. The second-order valence-corrected chi connectivity index (χ2v) is 2.90. The van der Waals surface area contributed by atoms with Crippen LogP contribution in [-0.4, -0.2) is 31.6 Å². The van der Waals surface area contributed by atoms with Crippen molar-refractivity contribution < 1.29 is 4.74 Å². The topological polar surface area (TPSA) is 91.7 Å². The van der Waals surface area contributed by atoms with E-state index in [1.165, 1.54) is 0 Å². The molecule has 0 aliphatic carbocycles. The molecule has 0 saturated carbocycles. The Bertz CT molecular complexity index is 479. The minimum atomic E-state index is 0.169. The number of anilines is 1. The first kappa shape index (κ1) is 9.63. The van der Waals surface area contributed by atoms with Gasteiger partial charge < -0.3 is 10.5 Å². The molecule has 0 unspecified atom stereocenters. The van der Waals surface area contributed by atoms with Crippen LogP contribution >= 0.6 is 0 Å². The zero-order valence-electron chi connectivity index (χ0n) is 8.64. The van der Waals surface area contributed by atoms with Gasteiger partial charge in [0.15, 0.2) is 11.2 Å². The Hall–Kier alpha value is -1.92. The van der Waals surface area contributed by atoms with Crippen LogP contribution in [0.1, 0.15) is 13.8 Å². The molecular formula is C8H12N6O. The van der Waals surface area contributed by atoms with Crippen molar-refractivity contribution in [3.63, 3.8) is 0 Å². The van der Waals surface area contributed by atoms with Crippen molar-refractivity contribution in [2.24, 2.45) is 0 Å². The summed E-state index contributed by atoms with van der Waals surface area (Å²) in [5.41, 5.74) is 6.72. The average molecular weight is 208 g/mol. The number of hydrogen-bond acceptors (Lipinski definition) is 6. The standard InChI is InChI=1S/C8H12N6O/c1-3-14-6-5(12-13-14)7(15-4-2)11-8(9)10-6/h3-4H2,1-2H3,(H2,9,10,11). The molecule has 0 bridgehead atoms. The van der Waals surface area contributed by atoms with E-state index < -0.39 is 0 Å². The molecule has 2 aromatic rings. The third-order valence-corrected chi connectivity index (χ3v) is 1.93. The Balaban J connectivity index is 2.65. The lowest BCUT2D eigenvalue weighted by Gasteiger charge is -2.02. The van der Waals surface area contributed by atoms with Crippen molar-refractivity contribution in [2.75, 3.05) is 12.3 Å². The number of ether oxygens (including phenoxy) is 1. The summed E-state index contributed by atoms with van der Waals surface area (Å²) in [4.78, 5) is 8.04. The normalized spacial score (nSPS) is 10.8. The smallest absolute Gasteiger partial charge is 0.249 e. The maximum atomic E-state index is 5.57. The number of rotatable bonds is 3. The molecule has 15 heavy (non-hydrogen) atoms. The van der Waals surface area contributed by atoms with Gasteiger partial charge in [-0.25, -0.2) is 4.68 Å². The number of fused-ring (bicyclic) bond motifs is 1. The molecule has 0 amide bonds. The average Bonchev–Trinajstić information content (AvgIpc) is 2.61. The van der Waals surface area contributed by atoms with Crippen molar-refractivity contribution in [1.82, 2.24) is 25.0 Å². The maximum absolute atomic E-state index is 5.57. The molecule has 7 nitrogen and oxygen atoms in total. The van der Waals surface area contributed by atoms with Gasteiger partial charge in [0.2, 0.25) is 11.8 Å². The van der Waals surface area contributed by atoms with Gasteiger partial charge in [0.25, 0.3) is 0 Å². The zero-order chi connectivity index (χ0) is 10.8. The first-order chi connectivity index (χ1) is 7.26. The van der Waals surface area contributed by atoms with Crippen molar-refractivity contribution in [1.29, 1.82) is 0 Å². The van der Waals surface area contributed by atoms with Crippen LogP contribution in [-0.2, 0) is 6.54 Å². The van der Waals surface area contributed by atoms with Crippen molar-refractivity contribution >= 4 is 17.1 Å². The van der Waals surface area contributed by atoms with Crippen LogP contribution in [0.15, 0.2) is 0 Å². The van der Waals surface area contributed by atoms with Crippen LogP contribution in [0.5, 0.6) is 5.88 Å². The molecule has 0 aromatic carbocycles. The van der Waals surface area contributed by atoms with Crippen LogP contribution in [0, 0.1) is 0 Å². The highest BCUT2D eigenvalue weighted by molar-refractivity contribution is 5.76. The van der Waals surface area contributed by atoms with E-state index in [1.54, 1.807) is 4.68 Å². The Morgan fingerprint density at radius 1 is 1.33 bits per heavy atom. The van der Waals surface area contributed by atoms with Gasteiger partial charge in [0.1, 0.15) is 0 Å². The summed E-state index contributed by atoms with van der Waals surface area (Å²) in [6.07, 6.45) is 0. The SMILES string of the molecule is CCOc1nc(N)nc2c1nnn2CC. The van der Waals surface area contributed by atoms with E-state index in [0.717, 1.165) is 0 Å². The third kappa shape index (κ3) is 1.56. The number of nitrogens with two attached hydrogens (primary N) is 1. The van der Waals surface area contributed by atoms with Crippen LogP contribution in [0.2, 0.25) is 0 Å². The lowest BCUT2D eigenvalue weighted by molar-refractivity contribution is 0.330. The molecule has 2 rings (SSSR count). The van der Waals surface area contributed by atoms with E-state index in [0.29, 0.717) is 30.2 Å². The Morgan fingerprint density at radius 3 is 2.80 bits per heavy atom. The molecule has 80 valence electrons. The third-order valence-electron chi connectivity index (χ3n) is 1.93. The van der Waals surface area contributed by atoms with Crippen molar-refractivity contribution in [3.05, 3.63) is 0 Å². The largest absolute Gasteiger partial charge is 0.476 e. The van der Waals surface area contributed by atoms with Crippen molar-refractivity contribution in [3.8, 4) is 5.88 Å². The van der Waals surface area contributed by atoms with E-state index in [-0.39, 0.29) is 5.95 Å². The molecule has 7 heteroatoms. The summed E-state index contributed by atoms with van der Waals surface area (Å²) >= 11 is 0. The van der Waals surface area contributed by atoms with Gasteiger partial charge in [-0.15, -0.1) is 5.10 Å². The molecule has 0 radical (unpaired) electrons. The predicted molar refractivity (Wildman–Crippen MR) is 54.4 cm³/mol. The van der Waals surface area contributed by atoms with Crippen LogP contribution in [0.4, 0.5) is 5.95 Å². The predicted octanol–water partition coefficient (Wildman–Crippen LogP) is 0.222. The van der Waals surface area contributed by atoms with E-state index in [9.17, 15) is 0 Å². The monoisotopic (exact) mass is 208 g/mol. The van der Waals surface area contributed by atoms with Gasteiger partial charge >= 0.3 is 0 Å². The molecule has 2 aromatic heterocycles. The molecule has 0 aliphatic heterocycles. The Kier molecular flexibility index (Phi) is 2.36. The second-order valence-electron chi connectivity index (χ2n) is 2.90. The Labute approximate surface area is 86.3 Å². The van der Waals surface area contributed by atoms with Gasteiger partial charge in [-0.05, 0) is 13.8 Å². The lowest BCUT2D eigenvalue weighted by Crippen LogP contribution is -2.03. The van der Waals surface area contributed by atoms with E-state index >= 15 is 0 Å². The van der Waals surface area contributed by atoms with Crippen molar-refractivity contribution in [2.45, 2.75) is 20.4 Å². The first-order valence-electron chi connectivity index (χ1n) is 4.75. The fourth-order valence-electron chi connectivity index (χ4n) is 1.30. The quantitative estimate of drug-likeness (QED) is 0.775. The first-order valence-corrected chi connectivity index (χ1v) is 4.75. The minimum Gasteiger partial charge on any atom is -0.476 e. The van der Waals surface area contributed by atoms with Crippen LogP contribution in [0.25, 0.3) is 11.2 Å². The number of hydrogen-bond donors (Lipinski definition) is 1. The summed E-state index contributed by atoms with van der Waals surface area (Å²) in [6, 6.07) is 0. The summed E-state index contributed by atoms with van der Waals surface area (Å²) in [7, 11) is 0. The number of aromatic nitrogens is 5. The maximum Gasteiger partial charge on any atom is 0.249 e. The summed E-state index contributed by atoms with van der Waals surface area (Å²) in [5.74, 6) is 0.558. The zero-order valence-corrected chi connectivity index (χ0v) is 8.64. The van der Waals surface area contributed by atoms with Gasteiger partial charge in [-0.3, -0.25) is 0 Å². The molecule has 0 spiro atoms. The summed E-state index contributed by atoms with van der Waals surface area (Å²) < 4.78 is 6.96. The van der Waals surface area contributed by atoms with Gasteiger partial charge in [-0.2, -0.15) is 9.97 Å². The molecule has 2 N–H and O–H groups in total. The Morgan fingerprint density at radius 2 is 2.13 bits per heavy atom. The van der Waals surface area contributed by atoms with Crippen LogP contribution < -0.4 is 10.5 Å². The molecule has 0 fully saturated rings. The second kappa shape index (κ2) is 3.68. The molecule has 0 saturated heterocycles. The van der Waals surface area contributed by atoms with Gasteiger partial charge in [0.05, 0.1) is 6.61 Å². The number of aryl methyl sites for hydroxylation is 1. The van der Waals surface area contributed by atoms with E-state index in [4.69, 9.17) is 10.5 Å². The summed E-state index contributed by atoms with van der Waals surface area (Å²) in [5, 5.41) is 7.88. The molecule has 0 aliphatic rings. The molecule has 0 atom stereocenters. The highest BCUT2D eigenvalue weighted by atomic mass is 16.5. The number of nitrogens with zero attached hydrogens (tertiary/aromatic N) is 5. The lowest BCUT2D eigenvalue weighted by atomic mass is 10.5.